The Kier molecular flexibility index (Phi) is 4.69. The normalized spacial score (nSPS) is 30.9. The quantitative estimate of drug-likeness (QED) is 0.782. The smallest absolute Gasteiger partial charge is 0.410 e. The van der Waals surface area contributed by atoms with Crippen LogP contribution in [0.2, 0.25) is 0 Å². The van der Waals surface area contributed by atoms with Crippen molar-refractivity contribution >= 4 is 18.0 Å². The van der Waals surface area contributed by atoms with Crippen molar-refractivity contribution in [3.8, 4) is 0 Å². The Labute approximate surface area is 123 Å². The van der Waals surface area contributed by atoms with Gasteiger partial charge in [-0.05, 0) is 37.5 Å². The van der Waals surface area contributed by atoms with Gasteiger partial charge in [0.25, 0.3) is 0 Å². The zero-order chi connectivity index (χ0) is 15.6. The summed E-state index contributed by atoms with van der Waals surface area (Å²) in [4.78, 5) is 36.5. The van der Waals surface area contributed by atoms with E-state index in [1.54, 1.807) is 6.92 Å². The third-order valence-corrected chi connectivity index (χ3v) is 4.50. The SMILES string of the molecule is CCOC(=O)C1C2C(CC(=O)O)CCC2CN1C(=O)OC. The Balaban J connectivity index is 2.23. The van der Waals surface area contributed by atoms with Crippen molar-refractivity contribution in [2.45, 2.75) is 32.2 Å². The van der Waals surface area contributed by atoms with Crippen LogP contribution in [0.3, 0.4) is 0 Å². The summed E-state index contributed by atoms with van der Waals surface area (Å²) >= 11 is 0. The second-order valence-electron chi connectivity index (χ2n) is 5.59. The number of carboxylic acid groups (broad SMARTS) is 1. The van der Waals surface area contributed by atoms with Crippen LogP contribution in [0.1, 0.15) is 26.2 Å². The van der Waals surface area contributed by atoms with E-state index in [0.717, 1.165) is 12.8 Å². The Bertz CT molecular complexity index is 437. The number of methoxy groups -OCH3 is 1. The van der Waals surface area contributed by atoms with Gasteiger partial charge in [0.05, 0.1) is 13.7 Å². The minimum absolute atomic E-state index is 0.0199. The van der Waals surface area contributed by atoms with Gasteiger partial charge in [-0.1, -0.05) is 0 Å². The average molecular weight is 299 g/mol. The number of esters is 1. The first-order valence-electron chi connectivity index (χ1n) is 7.22. The van der Waals surface area contributed by atoms with Gasteiger partial charge in [-0.3, -0.25) is 9.69 Å². The molecule has 118 valence electrons. The lowest BCUT2D eigenvalue weighted by Gasteiger charge is -2.27. The molecule has 4 unspecified atom stereocenters. The predicted octanol–water partition coefficient (Wildman–Crippen LogP) is 1.12. The Morgan fingerprint density at radius 3 is 2.57 bits per heavy atom. The highest BCUT2D eigenvalue weighted by Crippen LogP contribution is 2.47. The molecule has 2 aliphatic rings. The standard InChI is InChI=1S/C14H21NO6/c1-3-21-13(18)12-11-8(6-10(16)17)4-5-9(11)7-15(12)14(19)20-2/h8-9,11-12H,3-7H2,1-2H3,(H,16,17). The van der Waals surface area contributed by atoms with E-state index < -0.39 is 24.1 Å². The number of rotatable bonds is 4. The first-order chi connectivity index (χ1) is 9.99. The van der Waals surface area contributed by atoms with Crippen molar-refractivity contribution in [3.63, 3.8) is 0 Å². The van der Waals surface area contributed by atoms with Gasteiger partial charge in [0.1, 0.15) is 6.04 Å². The first-order valence-corrected chi connectivity index (χ1v) is 7.22. The van der Waals surface area contributed by atoms with E-state index in [9.17, 15) is 14.4 Å². The lowest BCUT2D eigenvalue weighted by atomic mass is 9.84. The molecule has 0 spiro atoms. The van der Waals surface area contributed by atoms with Gasteiger partial charge in [-0.15, -0.1) is 0 Å². The van der Waals surface area contributed by atoms with Crippen LogP contribution in [0.25, 0.3) is 0 Å². The molecular formula is C14H21NO6. The number of aliphatic carboxylic acids is 1. The predicted molar refractivity (Wildman–Crippen MR) is 71.5 cm³/mol. The van der Waals surface area contributed by atoms with Crippen molar-refractivity contribution in [2.24, 2.45) is 17.8 Å². The number of fused-ring (bicyclic) bond motifs is 1. The second kappa shape index (κ2) is 6.32. The highest BCUT2D eigenvalue weighted by Gasteiger charge is 2.54. The monoisotopic (exact) mass is 299 g/mol. The van der Waals surface area contributed by atoms with E-state index in [1.807, 2.05) is 0 Å². The van der Waals surface area contributed by atoms with Crippen LogP contribution in [0.4, 0.5) is 4.79 Å². The number of nitrogens with zero attached hydrogens (tertiary/aromatic N) is 1. The molecule has 1 aliphatic carbocycles. The van der Waals surface area contributed by atoms with Crippen molar-refractivity contribution in [1.82, 2.24) is 4.90 Å². The molecule has 7 nitrogen and oxygen atoms in total. The number of hydrogen-bond donors (Lipinski definition) is 1. The minimum atomic E-state index is -0.875. The van der Waals surface area contributed by atoms with Crippen LogP contribution >= 0.6 is 0 Å². The number of ether oxygens (including phenoxy) is 2. The topological polar surface area (TPSA) is 93.1 Å². The van der Waals surface area contributed by atoms with Crippen LogP contribution in [-0.4, -0.2) is 54.3 Å². The molecule has 1 heterocycles. The second-order valence-corrected chi connectivity index (χ2v) is 5.59. The van der Waals surface area contributed by atoms with E-state index in [4.69, 9.17) is 14.6 Å². The zero-order valence-electron chi connectivity index (χ0n) is 12.3. The highest BCUT2D eigenvalue weighted by molar-refractivity contribution is 5.83. The molecule has 1 aliphatic heterocycles. The molecule has 4 atom stereocenters. The van der Waals surface area contributed by atoms with Crippen LogP contribution < -0.4 is 0 Å². The third-order valence-electron chi connectivity index (χ3n) is 4.50. The van der Waals surface area contributed by atoms with E-state index in [2.05, 4.69) is 0 Å². The Morgan fingerprint density at radius 1 is 1.29 bits per heavy atom. The van der Waals surface area contributed by atoms with Crippen molar-refractivity contribution in [1.29, 1.82) is 0 Å². The first kappa shape index (κ1) is 15.6. The maximum Gasteiger partial charge on any atom is 0.410 e. The summed E-state index contributed by atoms with van der Waals surface area (Å²) in [6.07, 6.45) is 1.06. The fraction of sp³-hybridized carbons (Fsp3) is 0.786. The largest absolute Gasteiger partial charge is 0.481 e. The number of carbonyl (C=O) groups is 3. The molecular weight excluding hydrogens is 278 g/mol. The fourth-order valence-corrected chi connectivity index (χ4v) is 3.78. The molecule has 0 bridgehead atoms. The van der Waals surface area contributed by atoms with E-state index in [0.29, 0.717) is 6.54 Å². The molecule has 0 aromatic rings. The molecule has 0 aromatic carbocycles. The molecule has 1 saturated carbocycles. The average Bonchev–Trinajstić information content (AvgIpc) is 2.97. The maximum atomic E-state index is 12.2. The maximum absolute atomic E-state index is 12.2. The van der Waals surface area contributed by atoms with Gasteiger partial charge in [0, 0.05) is 13.0 Å². The fourth-order valence-electron chi connectivity index (χ4n) is 3.78. The van der Waals surface area contributed by atoms with Gasteiger partial charge in [-0.25, -0.2) is 9.59 Å². The summed E-state index contributed by atoms with van der Waals surface area (Å²) in [7, 11) is 1.27. The third kappa shape index (κ3) is 2.96. The van der Waals surface area contributed by atoms with Crippen LogP contribution in [0.5, 0.6) is 0 Å². The summed E-state index contributed by atoms with van der Waals surface area (Å²) in [6.45, 7) is 2.36. The molecule has 7 heteroatoms. The minimum Gasteiger partial charge on any atom is -0.481 e. The summed E-state index contributed by atoms with van der Waals surface area (Å²) in [5.74, 6) is -1.45. The van der Waals surface area contributed by atoms with Crippen LogP contribution in [0.15, 0.2) is 0 Å². The molecule has 21 heavy (non-hydrogen) atoms. The van der Waals surface area contributed by atoms with Crippen molar-refractivity contribution in [3.05, 3.63) is 0 Å². The summed E-state index contributed by atoms with van der Waals surface area (Å²) in [5.41, 5.74) is 0. The summed E-state index contributed by atoms with van der Waals surface area (Å²) in [6, 6.07) is -0.728. The molecule has 1 N–H and O–H groups in total. The lowest BCUT2D eigenvalue weighted by molar-refractivity contribution is -0.150. The molecule has 1 amide bonds. The molecule has 0 radical (unpaired) electrons. The molecule has 0 aromatic heterocycles. The molecule has 1 saturated heterocycles. The van der Waals surface area contributed by atoms with E-state index in [-0.39, 0.29) is 30.8 Å². The molecule has 2 fully saturated rings. The number of amides is 1. The van der Waals surface area contributed by atoms with Crippen LogP contribution in [-0.2, 0) is 19.1 Å². The Morgan fingerprint density at radius 2 is 2.00 bits per heavy atom. The van der Waals surface area contributed by atoms with Gasteiger partial charge < -0.3 is 14.6 Å². The van der Waals surface area contributed by atoms with Crippen molar-refractivity contribution < 1.29 is 29.0 Å². The zero-order valence-corrected chi connectivity index (χ0v) is 12.3. The summed E-state index contributed by atoms with van der Waals surface area (Å²) in [5, 5.41) is 9.02. The van der Waals surface area contributed by atoms with Gasteiger partial charge >= 0.3 is 18.0 Å². The number of carboxylic acids is 1. The summed E-state index contributed by atoms with van der Waals surface area (Å²) < 4.78 is 9.81. The molecule has 2 rings (SSSR count). The number of carbonyl (C=O) groups excluding carboxylic acids is 2. The van der Waals surface area contributed by atoms with Gasteiger partial charge in [0.2, 0.25) is 0 Å². The van der Waals surface area contributed by atoms with Gasteiger partial charge in [-0.2, -0.15) is 0 Å². The van der Waals surface area contributed by atoms with Gasteiger partial charge in [0.15, 0.2) is 0 Å². The number of likely N-dealkylation sites (tertiary alicyclic amines) is 1. The van der Waals surface area contributed by atoms with E-state index >= 15 is 0 Å². The lowest BCUT2D eigenvalue weighted by Crippen LogP contribution is -2.45. The Hall–Kier alpha value is -1.79. The van der Waals surface area contributed by atoms with E-state index in [1.165, 1.54) is 12.0 Å². The highest BCUT2D eigenvalue weighted by atomic mass is 16.6. The number of hydrogen-bond acceptors (Lipinski definition) is 5. The van der Waals surface area contributed by atoms with Crippen molar-refractivity contribution in [2.75, 3.05) is 20.3 Å². The van der Waals surface area contributed by atoms with Crippen LogP contribution in [0, 0.1) is 17.8 Å².